The van der Waals surface area contributed by atoms with Crippen LogP contribution in [0.15, 0.2) is 28.1 Å². The molecular formula is C15H19N5O3. The molecule has 0 saturated carbocycles. The molecule has 8 heteroatoms. The Morgan fingerprint density at radius 1 is 1.30 bits per heavy atom. The van der Waals surface area contributed by atoms with Gasteiger partial charge in [0.15, 0.2) is 11.5 Å². The first kappa shape index (κ1) is 16.5. The number of aryl methyl sites for hydroxylation is 1. The fraction of sp³-hybridized carbons (Fsp3) is 0.333. The number of H-pyrrole nitrogens is 1. The molecule has 0 bridgehead atoms. The van der Waals surface area contributed by atoms with Crippen LogP contribution in [0.2, 0.25) is 0 Å². The Bertz CT molecular complexity index is 755. The number of ether oxygens (including phenoxy) is 2. The molecule has 8 nitrogen and oxygen atoms in total. The summed E-state index contributed by atoms with van der Waals surface area (Å²) in [5.74, 6) is 1.45. The summed E-state index contributed by atoms with van der Waals surface area (Å²) >= 11 is 0. The average molecular weight is 317 g/mol. The molecule has 122 valence electrons. The zero-order chi connectivity index (χ0) is 16.8. The van der Waals surface area contributed by atoms with Gasteiger partial charge < -0.3 is 9.47 Å². The minimum Gasteiger partial charge on any atom is -0.493 e. The molecule has 0 amide bonds. The summed E-state index contributed by atoms with van der Waals surface area (Å²) in [6, 6.07) is 5.45. The minimum atomic E-state index is -0.311. The fourth-order valence-corrected chi connectivity index (χ4v) is 1.73. The Balaban J connectivity index is 2.09. The standard InChI is InChI=1S/C15H19N5O3/c1-9(2)23-12-6-5-11(7-13(12)22-4)8-16-19-15-17-14(21)10(3)18-20-15/h5-9H,1-4H3,(H2,17,19,20,21)/b16-8-. The van der Waals surface area contributed by atoms with Gasteiger partial charge in [0.05, 0.1) is 19.4 Å². The molecule has 0 saturated heterocycles. The van der Waals surface area contributed by atoms with Crippen molar-refractivity contribution in [3.63, 3.8) is 0 Å². The molecule has 2 N–H and O–H groups in total. The first-order valence-corrected chi connectivity index (χ1v) is 7.07. The molecule has 0 fully saturated rings. The van der Waals surface area contributed by atoms with Crippen LogP contribution in [-0.4, -0.2) is 34.6 Å². The molecule has 23 heavy (non-hydrogen) atoms. The van der Waals surface area contributed by atoms with Crippen molar-refractivity contribution in [1.82, 2.24) is 15.2 Å². The molecule has 1 aromatic heterocycles. The largest absolute Gasteiger partial charge is 0.493 e. The van der Waals surface area contributed by atoms with Crippen LogP contribution in [-0.2, 0) is 0 Å². The first-order valence-electron chi connectivity index (χ1n) is 7.07. The molecule has 2 rings (SSSR count). The van der Waals surface area contributed by atoms with E-state index >= 15 is 0 Å². The van der Waals surface area contributed by atoms with E-state index in [0.29, 0.717) is 17.2 Å². The van der Waals surface area contributed by atoms with Crippen molar-refractivity contribution in [1.29, 1.82) is 0 Å². The van der Waals surface area contributed by atoms with Gasteiger partial charge in [-0.1, -0.05) is 0 Å². The quantitative estimate of drug-likeness (QED) is 0.621. The summed E-state index contributed by atoms with van der Waals surface area (Å²) in [7, 11) is 1.58. The van der Waals surface area contributed by atoms with Crippen molar-refractivity contribution < 1.29 is 9.47 Å². The topological polar surface area (TPSA) is 101 Å². The Kier molecular flexibility index (Phi) is 5.29. The van der Waals surface area contributed by atoms with E-state index in [-0.39, 0.29) is 17.6 Å². The smallest absolute Gasteiger partial charge is 0.274 e. The lowest BCUT2D eigenvalue weighted by atomic mass is 10.2. The summed E-state index contributed by atoms with van der Waals surface area (Å²) in [6.45, 7) is 5.47. The lowest BCUT2D eigenvalue weighted by molar-refractivity contribution is 0.230. The normalized spacial score (nSPS) is 11.0. The highest BCUT2D eigenvalue weighted by atomic mass is 16.5. The lowest BCUT2D eigenvalue weighted by Crippen LogP contribution is -2.15. The molecule has 0 radical (unpaired) electrons. The number of hydrogen-bond donors (Lipinski definition) is 2. The molecule has 1 heterocycles. The SMILES string of the molecule is COc1cc(/C=N\Nc2nnc(C)c(=O)[nH]2)ccc1OC(C)C. The van der Waals surface area contributed by atoms with Crippen LogP contribution in [0, 0.1) is 6.92 Å². The maximum Gasteiger partial charge on any atom is 0.274 e. The minimum absolute atomic E-state index is 0.0574. The van der Waals surface area contributed by atoms with Crippen molar-refractivity contribution in [3.05, 3.63) is 39.8 Å². The van der Waals surface area contributed by atoms with Crippen LogP contribution < -0.4 is 20.5 Å². The number of aromatic amines is 1. The number of nitrogens with one attached hydrogen (secondary N) is 2. The van der Waals surface area contributed by atoms with E-state index < -0.39 is 0 Å². The highest BCUT2D eigenvalue weighted by Gasteiger charge is 2.06. The number of hydrogen-bond acceptors (Lipinski definition) is 7. The van der Waals surface area contributed by atoms with Crippen molar-refractivity contribution in [2.24, 2.45) is 5.10 Å². The molecule has 0 aliphatic rings. The Labute approximate surface area is 133 Å². The molecule has 2 aromatic rings. The van der Waals surface area contributed by atoms with Gasteiger partial charge in [0, 0.05) is 0 Å². The van der Waals surface area contributed by atoms with Crippen molar-refractivity contribution >= 4 is 12.2 Å². The van der Waals surface area contributed by atoms with Crippen LogP contribution in [0.3, 0.4) is 0 Å². The third-order valence-corrected chi connectivity index (χ3v) is 2.79. The highest BCUT2D eigenvalue weighted by Crippen LogP contribution is 2.28. The van der Waals surface area contributed by atoms with Gasteiger partial charge in [-0.3, -0.25) is 9.78 Å². The average Bonchev–Trinajstić information content (AvgIpc) is 2.51. The van der Waals surface area contributed by atoms with Crippen molar-refractivity contribution in [2.75, 3.05) is 12.5 Å². The Morgan fingerprint density at radius 3 is 2.74 bits per heavy atom. The summed E-state index contributed by atoms with van der Waals surface area (Å²) in [6.07, 6.45) is 1.63. The second-order valence-corrected chi connectivity index (χ2v) is 5.04. The number of nitrogens with zero attached hydrogens (tertiary/aromatic N) is 3. The van der Waals surface area contributed by atoms with Gasteiger partial charge in [0.1, 0.15) is 5.69 Å². The monoisotopic (exact) mass is 317 g/mol. The van der Waals surface area contributed by atoms with Gasteiger partial charge in [-0.2, -0.15) is 5.10 Å². The van der Waals surface area contributed by atoms with Crippen molar-refractivity contribution in [3.8, 4) is 11.5 Å². The van der Waals surface area contributed by atoms with Crippen molar-refractivity contribution in [2.45, 2.75) is 26.9 Å². The lowest BCUT2D eigenvalue weighted by Gasteiger charge is -2.13. The van der Waals surface area contributed by atoms with E-state index in [2.05, 4.69) is 25.7 Å². The van der Waals surface area contributed by atoms with E-state index in [1.807, 2.05) is 26.0 Å². The summed E-state index contributed by atoms with van der Waals surface area (Å²) < 4.78 is 10.9. The van der Waals surface area contributed by atoms with E-state index in [1.165, 1.54) is 0 Å². The zero-order valence-electron chi connectivity index (χ0n) is 13.5. The number of benzene rings is 1. The number of hydrazone groups is 1. The van der Waals surface area contributed by atoms with Crippen LogP contribution >= 0.6 is 0 Å². The predicted molar refractivity (Wildman–Crippen MR) is 87.4 cm³/mol. The van der Waals surface area contributed by atoms with E-state index in [9.17, 15) is 4.79 Å². The second-order valence-electron chi connectivity index (χ2n) is 5.04. The van der Waals surface area contributed by atoms with Crippen LogP contribution in [0.1, 0.15) is 25.1 Å². The second kappa shape index (κ2) is 7.39. The molecular weight excluding hydrogens is 298 g/mol. The zero-order valence-corrected chi connectivity index (χ0v) is 13.5. The fourth-order valence-electron chi connectivity index (χ4n) is 1.73. The Hall–Kier alpha value is -2.90. The maximum absolute atomic E-state index is 11.4. The third-order valence-electron chi connectivity index (χ3n) is 2.79. The highest BCUT2D eigenvalue weighted by molar-refractivity contribution is 5.81. The van der Waals surface area contributed by atoms with Gasteiger partial charge in [-0.05, 0) is 44.5 Å². The van der Waals surface area contributed by atoms with Crippen LogP contribution in [0.5, 0.6) is 11.5 Å². The molecule has 0 atom stereocenters. The van der Waals surface area contributed by atoms with E-state index in [0.717, 1.165) is 5.56 Å². The molecule has 0 aliphatic carbocycles. The summed E-state index contributed by atoms with van der Waals surface area (Å²) in [5, 5.41) is 11.5. The van der Waals surface area contributed by atoms with Crippen LogP contribution in [0.25, 0.3) is 0 Å². The van der Waals surface area contributed by atoms with Gasteiger partial charge >= 0.3 is 0 Å². The number of methoxy groups -OCH3 is 1. The van der Waals surface area contributed by atoms with Gasteiger partial charge in [-0.15, -0.1) is 10.2 Å². The predicted octanol–water partition coefficient (Wildman–Crippen LogP) is 1.72. The summed E-state index contributed by atoms with van der Waals surface area (Å²) in [4.78, 5) is 13.9. The molecule has 0 unspecified atom stereocenters. The number of aromatic nitrogens is 3. The number of anilines is 1. The Morgan fingerprint density at radius 2 is 2.09 bits per heavy atom. The third kappa shape index (κ3) is 4.53. The molecule has 0 spiro atoms. The first-order chi connectivity index (χ1) is 11.0. The number of rotatable bonds is 6. The maximum atomic E-state index is 11.4. The summed E-state index contributed by atoms with van der Waals surface area (Å²) in [5.41, 5.74) is 3.40. The van der Waals surface area contributed by atoms with E-state index in [4.69, 9.17) is 9.47 Å². The van der Waals surface area contributed by atoms with Gasteiger partial charge in [0.2, 0.25) is 5.95 Å². The van der Waals surface area contributed by atoms with E-state index in [1.54, 1.807) is 26.3 Å². The van der Waals surface area contributed by atoms with Crippen LogP contribution in [0.4, 0.5) is 5.95 Å². The van der Waals surface area contributed by atoms with Gasteiger partial charge in [0.25, 0.3) is 5.56 Å². The molecule has 1 aromatic carbocycles. The molecule has 0 aliphatic heterocycles. The van der Waals surface area contributed by atoms with Gasteiger partial charge in [-0.25, -0.2) is 5.43 Å².